The number of alkyl carbamates (subject to hydrolysis) is 2. The van der Waals surface area contributed by atoms with Crippen LogP contribution in [0.4, 0.5) is 19.2 Å². The third kappa shape index (κ3) is 19.9. The predicted octanol–water partition coefficient (Wildman–Crippen LogP) is 16.4. The zero-order chi connectivity index (χ0) is 72.3. The summed E-state index contributed by atoms with van der Waals surface area (Å²) in [7, 11) is 0. The Kier molecular flexibility index (Phi) is 24.1. The molecule has 0 fully saturated rings. The fourth-order valence-corrected chi connectivity index (χ4v) is 10.6. The number of allylic oxidation sites excluding steroid dienone is 2. The van der Waals surface area contributed by atoms with Gasteiger partial charge in [0, 0.05) is 49.5 Å². The normalized spacial score (nSPS) is 12.1. The number of rotatable bonds is 20. The molecular formula is C76H76N4O21S. The van der Waals surface area contributed by atoms with Gasteiger partial charge in [-0.1, -0.05) is 50.0 Å². The van der Waals surface area contributed by atoms with Gasteiger partial charge in [0.25, 0.3) is 5.24 Å². The Morgan fingerprint density at radius 3 is 1.27 bits per heavy atom. The number of furan rings is 4. The molecule has 0 unspecified atom stereocenters. The van der Waals surface area contributed by atoms with Gasteiger partial charge in [-0.3, -0.25) is 4.79 Å². The number of carbonyl (C=O) groups excluding carboxylic acids is 4. The van der Waals surface area contributed by atoms with Crippen LogP contribution in [0.15, 0.2) is 201 Å². The maximum Gasteiger partial charge on any atom is 0.412 e. The summed E-state index contributed by atoms with van der Waals surface area (Å²) in [5.74, 6) is 6.14. The summed E-state index contributed by atoms with van der Waals surface area (Å²) in [4.78, 5) is 69.4. The molecule has 8 heterocycles. The van der Waals surface area contributed by atoms with Crippen LogP contribution < -0.4 is 65.7 Å². The summed E-state index contributed by atoms with van der Waals surface area (Å²) < 4.78 is 82.5. The van der Waals surface area contributed by atoms with Crippen LogP contribution in [0.3, 0.4) is 0 Å². The Hall–Kier alpha value is -11.9. The number of nitrogens with one attached hydrogen (secondary N) is 4. The average Bonchev–Trinajstić information content (AvgIpc) is 1.51. The lowest BCUT2D eigenvalue weighted by Crippen LogP contribution is -2.34. The molecule has 0 aliphatic carbocycles. The number of ether oxygens (including phenoxy) is 9. The first-order valence-electron chi connectivity index (χ1n) is 32.5. The molecule has 0 saturated carbocycles. The first-order valence-corrected chi connectivity index (χ1v) is 33.5. The van der Waals surface area contributed by atoms with Crippen molar-refractivity contribution in [2.75, 3.05) is 58.4 Å². The molecule has 26 heteroatoms. The van der Waals surface area contributed by atoms with Crippen molar-refractivity contribution >= 4 is 113 Å². The molecule has 0 spiro atoms. The maximum atomic E-state index is 11.8. The molecule has 0 saturated heterocycles. The van der Waals surface area contributed by atoms with Crippen molar-refractivity contribution in [3.8, 4) is 40.2 Å². The molecule has 0 atom stereocenters. The van der Waals surface area contributed by atoms with Crippen LogP contribution in [0.25, 0.3) is 78.0 Å². The van der Waals surface area contributed by atoms with Gasteiger partial charge >= 0.3 is 29.5 Å². The van der Waals surface area contributed by atoms with Crippen molar-refractivity contribution in [3.05, 3.63) is 197 Å². The van der Waals surface area contributed by atoms with Crippen molar-refractivity contribution in [2.45, 2.75) is 72.5 Å². The Bertz CT molecular complexity index is 5000. The molecule has 102 heavy (non-hydrogen) atoms. The van der Waals surface area contributed by atoms with Gasteiger partial charge in [0.05, 0.1) is 94.8 Å². The number of benzene rings is 5. The van der Waals surface area contributed by atoms with Gasteiger partial charge in [0.1, 0.15) is 110 Å². The van der Waals surface area contributed by atoms with Crippen molar-refractivity contribution in [2.24, 2.45) is 0 Å². The molecular weight excluding hydrogens is 1340 g/mol. The van der Waals surface area contributed by atoms with Gasteiger partial charge in [0.2, 0.25) is 0 Å². The fraction of sp³-hybridized carbons (Fsp3) is 0.263. The standard InChI is InChI=1S/C21H17NO6.C19H21NO6.C19H21NO5.C17H17NO4S/c23-19-8-7-15-18(28-19)13-17-16(9-12-25-17)20(15)26-11-4-10-22-21(24)27-14-5-2-1-3-6-14;1-19(2,3)26-18(22)20-8-4-9-24-17-12-5-6-16(21)25-15(12)11-14-13(17)7-10-23-14;1-12-5-6-13-16(24-12)11-15-14(7-9-22-15)17(13)23-10-8-20-18(21)25-19(2,3)4;1-3-23-17(19)18-7-9-21-16-12-5-4-11(2)22-15(12)10-14-13(16)6-8-20-14/h1-3,5-9,12-13H,4,10-11H2,(H,22,24);5-7,10-11H,4,8-9H2,1-3H3,(H,20,22);5-7,9,11H,1,8,10H2,2-4H3,(H,20,21);4-6,8,10H,2-3,7,9H2,1H3,(H,18,19). The third-order valence-electron chi connectivity index (χ3n) is 14.3. The lowest BCUT2D eigenvalue weighted by molar-refractivity contribution is 0.0511. The highest BCUT2D eigenvalue weighted by Crippen LogP contribution is 2.43. The largest absolute Gasteiger partial charge is 0.492 e. The molecule has 0 bridgehead atoms. The molecule has 2 aliphatic heterocycles. The van der Waals surface area contributed by atoms with E-state index in [0.29, 0.717) is 155 Å². The van der Waals surface area contributed by atoms with E-state index in [4.69, 9.17) is 69.1 Å². The first kappa shape index (κ1) is 72.8. The molecule has 2 aliphatic rings. The average molecular weight is 1410 g/mol. The van der Waals surface area contributed by atoms with Crippen molar-refractivity contribution < 1.29 is 88.3 Å². The number of carbonyl (C=O) groups is 4. The summed E-state index contributed by atoms with van der Waals surface area (Å²) in [5, 5.41) is 15.5. The van der Waals surface area contributed by atoms with Crippen LogP contribution in [0.5, 0.6) is 40.2 Å². The van der Waals surface area contributed by atoms with Gasteiger partial charge < -0.3 is 90.4 Å². The van der Waals surface area contributed by atoms with Gasteiger partial charge in [-0.25, -0.2) is 24.0 Å². The van der Waals surface area contributed by atoms with E-state index in [1.54, 1.807) is 97.9 Å². The number of hydrogen-bond donors (Lipinski definition) is 4. The number of para-hydroxylation sites is 1. The van der Waals surface area contributed by atoms with Crippen LogP contribution in [-0.2, 0) is 9.47 Å². The smallest absolute Gasteiger partial charge is 0.412 e. The van der Waals surface area contributed by atoms with E-state index in [1.807, 2.05) is 91.0 Å². The predicted molar refractivity (Wildman–Crippen MR) is 386 cm³/mol. The second-order valence-electron chi connectivity index (χ2n) is 24.3. The highest BCUT2D eigenvalue weighted by Gasteiger charge is 2.23. The fourth-order valence-electron chi connectivity index (χ4n) is 10.1. The number of thioether (sulfide) groups is 1. The maximum absolute atomic E-state index is 11.8. The lowest BCUT2D eigenvalue weighted by atomic mass is 10.1. The second kappa shape index (κ2) is 33.8. The minimum Gasteiger partial charge on any atom is -0.492 e. The Morgan fingerprint density at radius 1 is 0.441 bits per heavy atom. The van der Waals surface area contributed by atoms with Crippen LogP contribution in [0.1, 0.15) is 72.4 Å². The van der Waals surface area contributed by atoms with E-state index >= 15 is 0 Å². The SMILES string of the molecule is C=C1C=Cc2c(cc3occc3c2OCCNC(=O)OC(C)(C)C)O1.C=C1C=Cc2c(cc3occc3c2OCCNC(=O)SCC)O1.CC(C)(C)OC(=O)NCCCOc1c2ccoc2cc2oc(=O)ccc12.O=C(NCCCOc1c2ccoc2cc2oc(=O)ccc12)Oc1ccccc1. The molecule has 4 amide bonds. The molecule has 532 valence electrons. The minimum atomic E-state index is -0.531. The summed E-state index contributed by atoms with van der Waals surface area (Å²) in [6.07, 6.45) is 13.4. The van der Waals surface area contributed by atoms with E-state index in [2.05, 4.69) is 34.4 Å². The molecule has 25 nitrogen and oxygen atoms in total. The highest BCUT2D eigenvalue weighted by molar-refractivity contribution is 8.13. The van der Waals surface area contributed by atoms with Crippen molar-refractivity contribution in [1.29, 1.82) is 0 Å². The summed E-state index contributed by atoms with van der Waals surface area (Å²) in [6, 6.07) is 29.1. The summed E-state index contributed by atoms with van der Waals surface area (Å²) in [6.45, 7) is 23.3. The number of amides is 4. The third-order valence-corrected chi connectivity index (χ3v) is 15.0. The molecule has 13 rings (SSSR count). The molecule has 6 aromatic heterocycles. The number of fused-ring (bicyclic) bond motifs is 8. The summed E-state index contributed by atoms with van der Waals surface area (Å²) in [5.41, 5.74) is 3.04. The first-order chi connectivity index (χ1) is 49.1. The zero-order valence-electron chi connectivity index (χ0n) is 57.1. The molecule has 4 N–H and O–H groups in total. The number of hydrogen-bond acceptors (Lipinski definition) is 22. The summed E-state index contributed by atoms with van der Waals surface area (Å²) >= 11 is 1.24. The molecule has 11 aromatic rings. The van der Waals surface area contributed by atoms with E-state index < -0.39 is 40.7 Å². The molecule has 5 aromatic carbocycles. The molecule has 0 radical (unpaired) electrons. The van der Waals surface area contributed by atoms with Crippen molar-refractivity contribution in [3.63, 3.8) is 0 Å². The van der Waals surface area contributed by atoms with Gasteiger partial charge in [-0.05, 0) is 133 Å². The van der Waals surface area contributed by atoms with E-state index in [0.717, 1.165) is 38.4 Å². The topological polar surface area (TPSA) is 312 Å². The highest BCUT2D eigenvalue weighted by atomic mass is 32.2. The van der Waals surface area contributed by atoms with E-state index in [9.17, 15) is 28.8 Å². The van der Waals surface area contributed by atoms with Gasteiger partial charge in [-0.2, -0.15) is 0 Å². The Morgan fingerprint density at radius 2 is 0.833 bits per heavy atom. The van der Waals surface area contributed by atoms with Crippen LogP contribution in [-0.4, -0.2) is 93.1 Å². The van der Waals surface area contributed by atoms with E-state index in [-0.39, 0.29) is 11.8 Å². The lowest BCUT2D eigenvalue weighted by Gasteiger charge is -2.20. The van der Waals surface area contributed by atoms with E-state index in [1.165, 1.54) is 23.9 Å². The van der Waals surface area contributed by atoms with Crippen LogP contribution >= 0.6 is 11.8 Å². The van der Waals surface area contributed by atoms with Gasteiger partial charge in [0.15, 0.2) is 0 Å². The van der Waals surface area contributed by atoms with Crippen molar-refractivity contribution in [1.82, 2.24) is 21.3 Å². The monoisotopic (exact) mass is 1410 g/mol. The Labute approximate surface area is 588 Å². The second-order valence-corrected chi connectivity index (χ2v) is 25.6. The van der Waals surface area contributed by atoms with Gasteiger partial charge in [-0.15, -0.1) is 0 Å². The van der Waals surface area contributed by atoms with Crippen LogP contribution in [0, 0.1) is 0 Å². The van der Waals surface area contributed by atoms with Crippen LogP contribution in [0.2, 0.25) is 0 Å². The zero-order valence-corrected chi connectivity index (χ0v) is 57.9. The quantitative estimate of drug-likeness (QED) is 0.0407. The minimum absolute atomic E-state index is 0.0424. The Balaban J connectivity index is 0.000000147.